The second-order valence-electron chi connectivity index (χ2n) is 7.83. The molecule has 2 fully saturated rings. The summed E-state index contributed by atoms with van der Waals surface area (Å²) in [4.78, 5) is 27.4. The first-order valence-corrected chi connectivity index (χ1v) is 10.4. The zero-order valence-electron chi connectivity index (χ0n) is 16.6. The van der Waals surface area contributed by atoms with Crippen molar-refractivity contribution in [3.05, 3.63) is 54.6 Å². The van der Waals surface area contributed by atoms with E-state index in [9.17, 15) is 9.59 Å². The van der Waals surface area contributed by atoms with E-state index < -0.39 is 0 Å². The Kier molecular flexibility index (Phi) is 6.10. The van der Waals surface area contributed by atoms with E-state index in [0.717, 1.165) is 37.1 Å². The summed E-state index contributed by atoms with van der Waals surface area (Å²) in [6, 6.07) is 18.4. The molecule has 2 aromatic carbocycles. The molecule has 2 N–H and O–H groups in total. The van der Waals surface area contributed by atoms with Gasteiger partial charge in [0.2, 0.25) is 0 Å². The summed E-state index contributed by atoms with van der Waals surface area (Å²) in [6.45, 7) is 3.48. The van der Waals surface area contributed by atoms with E-state index in [1.165, 1.54) is 4.90 Å². The molecule has 0 radical (unpaired) electrons. The molecule has 1 saturated heterocycles. The van der Waals surface area contributed by atoms with Crippen LogP contribution in [0.25, 0.3) is 11.1 Å². The third kappa shape index (κ3) is 5.57. The average molecular weight is 394 g/mol. The lowest BCUT2D eigenvalue weighted by Crippen LogP contribution is -3.15. The third-order valence-electron chi connectivity index (χ3n) is 5.50. The van der Waals surface area contributed by atoms with Gasteiger partial charge in [0.25, 0.3) is 11.8 Å². The van der Waals surface area contributed by atoms with Crippen molar-refractivity contribution >= 4 is 11.8 Å². The Bertz CT molecular complexity index is 826. The average Bonchev–Trinajstić information content (AvgIpc) is 3.57. The molecule has 2 aliphatic rings. The van der Waals surface area contributed by atoms with Crippen molar-refractivity contribution < 1.29 is 19.2 Å². The van der Waals surface area contributed by atoms with Gasteiger partial charge < -0.3 is 19.9 Å². The molecule has 1 aliphatic heterocycles. The molecule has 4 rings (SSSR count). The number of hydrogen-bond acceptors (Lipinski definition) is 3. The van der Waals surface area contributed by atoms with E-state index >= 15 is 0 Å². The number of quaternary nitrogens is 1. The van der Waals surface area contributed by atoms with Gasteiger partial charge in [-0.3, -0.25) is 9.59 Å². The Morgan fingerprint density at radius 2 is 1.62 bits per heavy atom. The third-order valence-corrected chi connectivity index (χ3v) is 5.50. The fourth-order valence-electron chi connectivity index (χ4n) is 3.59. The van der Waals surface area contributed by atoms with E-state index in [0.29, 0.717) is 31.4 Å². The van der Waals surface area contributed by atoms with Crippen LogP contribution in [0.2, 0.25) is 0 Å². The van der Waals surface area contributed by atoms with Gasteiger partial charge in [-0.25, -0.2) is 0 Å². The lowest BCUT2D eigenvalue weighted by molar-refractivity contribution is -0.896. The Labute approximate surface area is 171 Å². The van der Waals surface area contributed by atoms with Gasteiger partial charge >= 0.3 is 0 Å². The minimum Gasteiger partial charge on any atom is -0.484 e. The van der Waals surface area contributed by atoms with Crippen LogP contribution in [0.1, 0.15) is 12.8 Å². The van der Waals surface area contributed by atoms with Crippen LogP contribution >= 0.6 is 0 Å². The van der Waals surface area contributed by atoms with E-state index in [2.05, 4.69) is 17.4 Å². The summed E-state index contributed by atoms with van der Waals surface area (Å²) >= 11 is 0. The van der Waals surface area contributed by atoms with Crippen LogP contribution in [0.3, 0.4) is 0 Å². The molecule has 0 atom stereocenters. The number of benzene rings is 2. The van der Waals surface area contributed by atoms with Gasteiger partial charge in [0.15, 0.2) is 13.2 Å². The highest BCUT2D eigenvalue weighted by molar-refractivity contribution is 5.78. The SMILES string of the molecule is O=C(C[NH+]1CCN(C(=O)COc2ccc(-c3ccccc3)cc2)CC1)NC1CC1. The van der Waals surface area contributed by atoms with E-state index in [1.807, 2.05) is 47.4 Å². The van der Waals surface area contributed by atoms with Crippen molar-refractivity contribution in [2.45, 2.75) is 18.9 Å². The molecular formula is C23H28N3O3+. The largest absolute Gasteiger partial charge is 0.484 e. The molecule has 6 heteroatoms. The maximum atomic E-state index is 12.5. The summed E-state index contributed by atoms with van der Waals surface area (Å²) < 4.78 is 5.69. The lowest BCUT2D eigenvalue weighted by atomic mass is 10.1. The number of nitrogens with zero attached hydrogens (tertiary/aromatic N) is 1. The summed E-state index contributed by atoms with van der Waals surface area (Å²) in [5.74, 6) is 0.821. The van der Waals surface area contributed by atoms with Crippen molar-refractivity contribution in [3.8, 4) is 16.9 Å². The van der Waals surface area contributed by atoms with Gasteiger partial charge in [0.1, 0.15) is 5.75 Å². The molecule has 1 saturated carbocycles. The van der Waals surface area contributed by atoms with Crippen molar-refractivity contribution in [1.29, 1.82) is 0 Å². The van der Waals surface area contributed by atoms with Crippen LogP contribution in [0.4, 0.5) is 0 Å². The van der Waals surface area contributed by atoms with Gasteiger partial charge in [-0.05, 0) is 36.1 Å². The highest BCUT2D eigenvalue weighted by atomic mass is 16.5. The van der Waals surface area contributed by atoms with Gasteiger partial charge in [0, 0.05) is 6.04 Å². The zero-order valence-corrected chi connectivity index (χ0v) is 16.6. The standard InChI is InChI=1S/C23H27N3O3/c27-22(24-20-8-9-20)16-25-12-14-26(15-13-25)23(28)17-29-21-10-6-19(7-11-21)18-4-2-1-3-5-18/h1-7,10-11,20H,8-9,12-17H2,(H,24,27)/p+1. The molecular weight excluding hydrogens is 366 g/mol. The minimum absolute atomic E-state index is 0.00128. The van der Waals surface area contributed by atoms with Gasteiger partial charge in [-0.15, -0.1) is 0 Å². The number of piperazine rings is 1. The molecule has 2 amide bonds. The Morgan fingerprint density at radius 3 is 2.28 bits per heavy atom. The van der Waals surface area contributed by atoms with Crippen molar-refractivity contribution in [2.75, 3.05) is 39.3 Å². The maximum Gasteiger partial charge on any atom is 0.275 e. The lowest BCUT2D eigenvalue weighted by Gasteiger charge is -2.31. The topological polar surface area (TPSA) is 63.1 Å². The van der Waals surface area contributed by atoms with Crippen molar-refractivity contribution in [2.24, 2.45) is 0 Å². The molecule has 1 aliphatic carbocycles. The fourth-order valence-corrected chi connectivity index (χ4v) is 3.59. The molecule has 0 spiro atoms. The zero-order chi connectivity index (χ0) is 20.1. The number of hydrogen-bond donors (Lipinski definition) is 2. The summed E-state index contributed by atoms with van der Waals surface area (Å²) in [7, 11) is 0. The first-order chi connectivity index (χ1) is 14.2. The van der Waals surface area contributed by atoms with Crippen molar-refractivity contribution in [3.63, 3.8) is 0 Å². The number of ether oxygens (including phenoxy) is 1. The van der Waals surface area contributed by atoms with Crippen LogP contribution in [0.15, 0.2) is 54.6 Å². The second-order valence-corrected chi connectivity index (χ2v) is 7.83. The Morgan fingerprint density at radius 1 is 0.966 bits per heavy atom. The summed E-state index contributed by atoms with van der Waals surface area (Å²) in [6.07, 6.45) is 2.22. The summed E-state index contributed by atoms with van der Waals surface area (Å²) in [5, 5.41) is 3.03. The van der Waals surface area contributed by atoms with Crippen molar-refractivity contribution in [1.82, 2.24) is 10.2 Å². The highest BCUT2D eigenvalue weighted by Crippen LogP contribution is 2.22. The van der Waals surface area contributed by atoms with Gasteiger partial charge in [-0.2, -0.15) is 0 Å². The van der Waals surface area contributed by atoms with Crippen LogP contribution in [-0.4, -0.2) is 62.1 Å². The monoisotopic (exact) mass is 394 g/mol. The summed E-state index contributed by atoms with van der Waals surface area (Å²) in [5.41, 5.74) is 2.27. The highest BCUT2D eigenvalue weighted by Gasteiger charge is 2.28. The quantitative estimate of drug-likeness (QED) is 0.728. The van der Waals surface area contributed by atoms with Crippen LogP contribution in [0.5, 0.6) is 5.75 Å². The normalized spacial score (nSPS) is 17.0. The molecule has 152 valence electrons. The first-order valence-electron chi connectivity index (χ1n) is 10.4. The van der Waals surface area contributed by atoms with Gasteiger partial charge in [-0.1, -0.05) is 42.5 Å². The molecule has 0 aromatic heterocycles. The van der Waals surface area contributed by atoms with Crippen LogP contribution in [-0.2, 0) is 9.59 Å². The van der Waals surface area contributed by atoms with Gasteiger partial charge in [0.05, 0.1) is 26.2 Å². The molecule has 1 heterocycles. The number of rotatable bonds is 7. The Balaban J connectivity index is 1.19. The number of nitrogens with one attached hydrogen (secondary N) is 2. The predicted octanol–water partition coefficient (Wildman–Crippen LogP) is 0.738. The number of amides is 2. The van der Waals surface area contributed by atoms with E-state index in [4.69, 9.17) is 4.74 Å². The second kappa shape index (κ2) is 9.09. The maximum absolute atomic E-state index is 12.5. The van der Waals surface area contributed by atoms with Crippen LogP contribution < -0.4 is 15.0 Å². The molecule has 0 bridgehead atoms. The number of carbonyl (C=O) groups excluding carboxylic acids is 2. The first kappa shape index (κ1) is 19.5. The number of carbonyl (C=O) groups is 2. The molecule has 29 heavy (non-hydrogen) atoms. The molecule has 6 nitrogen and oxygen atoms in total. The molecule has 0 unspecified atom stereocenters. The fraction of sp³-hybridized carbons (Fsp3) is 0.391. The van der Waals surface area contributed by atoms with Crippen LogP contribution in [0, 0.1) is 0 Å². The minimum atomic E-state index is -0.00128. The predicted molar refractivity (Wildman–Crippen MR) is 111 cm³/mol. The Hall–Kier alpha value is -2.86. The molecule has 2 aromatic rings. The van der Waals surface area contributed by atoms with E-state index in [1.54, 1.807) is 0 Å². The smallest absolute Gasteiger partial charge is 0.275 e. The van der Waals surface area contributed by atoms with E-state index in [-0.39, 0.29) is 18.4 Å².